The van der Waals surface area contributed by atoms with Crippen LogP contribution in [0.4, 0.5) is 5.95 Å². The highest BCUT2D eigenvalue weighted by molar-refractivity contribution is 7.19. The first-order chi connectivity index (χ1) is 9.76. The Balaban J connectivity index is 1.84. The maximum Gasteiger partial charge on any atom is 0.225 e. The van der Waals surface area contributed by atoms with Crippen molar-refractivity contribution in [2.45, 2.75) is 12.8 Å². The Hall–Kier alpha value is -1.17. The Morgan fingerprint density at radius 2 is 2.30 bits per heavy atom. The minimum absolute atomic E-state index is 0.548. The molecule has 3 heterocycles. The number of anilines is 1. The number of thiophene rings is 1. The van der Waals surface area contributed by atoms with E-state index < -0.39 is 0 Å². The SMILES string of the molecule is NCC1CCCN(c2nccc(-c3ccc(Cl)s3)n2)C1. The summed E-state index contributed by atoms with van der Waals surface area (Å²) in [4.78, 5) is 12.4. The predicted octanol–water partition coefficient (Wildman–Crippen LogP) is 3.03. The molecule has 2 N–H and O–H groups in total. The highest BCUT2D eigenvalue weighted by atomic mass is 35.5. The number of hydrogen-bond donors (Lipinski definition) is 1. The molecule has 1 atom stereocenters. The molecule has 0 bridgehead atoms. The molecule has 1 unspecified atom stereocenters. The van der Waals surface area contributed by atoms with Gasteiger partial charge in [0.1, 0.15) is 0 Å². The van der Waals surface area contributed by atoms with E-state index in [0.717, 1.165) is 46.9 Å². The molecule has 20 heavy (non-hydrogen) atoms. The second-order valence-corrected chi connectivity index (χ2v) is 6.75. The molecule has 0 saturated carbocycles. The average molecular weight is 309 g/mol. The summed E-state index contributed by atoms with van der Waals surface area (Å²) in [5.41, 5.74) is 6.72. The highest BCUT2D eigenvalue weighted by Gasteiger charge is 2.21. The van der Waals surface area contributed by atoms with Gasteiger partial charge in [-0.1, -0.05) is 11.6 Å². The number of hydrogen-bond acceptors (Lipinski definition) is 5. The van der Waals surface area contributed by atoms with Crippen LogP contribution >= 0.6 is 22.9 Å². The summed E-state index contributed by atoms with van der Waals surface area (Å²) >= 11 is 7.53. The minimum Gasteiger partial charge on any atom is -0.340 e. The van der Waals surface area contributed by atoms with Crippen molar-refractivity contribution in [2.24, 2.45) is 11.7 Å². The molecule has 1 aliphatic heterocycles. The summed E-state index contributed by atoms with van der Waals surface area (Å²) in [6.07, 6.45) is 4.17. The fourth-order valence-corrected chi connectivity index (χ4v) is 3.54. The van der Waals surface area contributed by atoms with Gasteiger partial charge in [-0.2, -0.15) is 0 Å². The zero-order chi connectivity index (χ0) is 13.9. The molecule has 2 aromatic rings. The molecule has 3 rings (SSSR count). The third kappa shape index (κ3) is 2.95. The third-order valence-electron chi connectivity index (χ3n) is 3.60. The van der Waals surface area contributed by atoms with E-state index in [0.29, 0.717) is 5.92 Å². The fourth-order valence-electron chi connectivity index (χ4n) is 2.53. The normalized spacial score (nSPS) is 19.3. The second kappa shape index (κ2) is 6.08. The molecule has 0 amide bonds. The van der Waals surface area contributed by atoms with E-state index in [1.807, 2.05) is 24.4 Å². The summed E-state index contributed by atoms with van der Waals surface area (Å²) in [5.74, 6) is 1.34. The van der Waals surface area contributed by atoms with Gasteiger partial charge in [-0.3, -0.25) is 0 Å². The Kier molecular flexibility index (Phi) is 4.19. The first-order valence-corrected chi connectivity index (χ1v) is 7.99. The van der Waals surface area contributed by atoms with Crippen LogP contribution < -0.4 is 10.6 Å². The van der Waals surface area contributed by atoms with Crippen LogP contribution in [0, 0.1) is 5.92 Å². The van der Waals surface area contributed by atoms with Crippen molar-refractivity contribution in [2.75, 3.05) is 24.5 Å². The van der Waals surface area contributed by atoms with E-state index in [9.17, 15) is 0 Å². The second-order valence-electron chi connectivity index (χ2n) is 5.04. The molecule has 1 aliphatic rings. The van der Waals surface area contributed by atoms with Crippen molar-refractivity contribution in [1.29, 1.82) is 0 Å². The van der Waals surface area contributed by atoms with Crippen molar-refractivity contribution >= 4 is 28.9 Å². The van der Waals surface area contributed by atoms with Crippen LogP contribution in [0.3, 0.4) is 0 Å². The largest absolute Gasteiger partial charge is 0.340 e. The molecule has 1 fully saturated rings. The summed E-state index contributed by atoms with van der Waals surface area (Å²) in [7, 11) is 0. The Bertz CT molecular complexity index is 586. The van der Waals surface area contributed by atoms with Gasteiger partial charge in [-0.15, -0.1) is 11.3 Å². The molecule has 106 valence electrons. The molecule has 0 aromatic carbocycles. The van der Waals surface area contributed by atoms with Crippen LogP contribution in [0.25, 0.3) is 10.6 Å². The lowest BCUT2D eigenvalue weighted by Gasteiger charge is -2.32. The number of rotatable bonds is 3. The Morgan fingerprint density at radius 1 is 1.40 bits per heavy atom. The van der Waals surface area contributed by atoms with Gasteiger partial charge in [0.15, 0.2) is 0 Å². The van der Waals surface area contributed by atoms with Gasteiger partial charge in [0.25, 0.3) is 0 Å². The van der Waals surface area contributed by atoms with Crippen LogP contribution in [0.5, 0.6) is 0 Å². The number of piperidine rings is 1. The van der Waals surface area contributed by atoms with Crippen molar-refractivity contribution in [3.05, 3.63) is 28.7 Å². The first kappa shape index (κ1) is 13.8. The molecule has 4 nitrogen and oxygen atoms in total. The third-order valence-corrected chi connectivity index (χ3v) is 4.86. The van der Waals surface area contributed by atoms with Gasteiger partial charge in [-0.05, 0) is 43.5 Å². The number of nitrogens with two attached hydrogens (primary N) is 1. The Morgan fingerprint density at radius 3 is 3.05 bits per heavy atom. The standard InChI is InChI=1S/C14H17ClN4S/c15-13-4-3-12(20-13)11-5-6-17-14(18-11)19-7-1-2-10(8-16)9-19/h3-6,10H,1-2,7-9,16H2. The van der Waals surface area contributed by atoms with Crippen LogP contribution in [0.1, 0.15) is 12.8 Å². The molecule has 1 saturated heterocycles. The van der Waals surface area contributed by atoms with Gasteiger partial charge >= 0.3 is 0 Å². The molecular formula is C14H17ClN4S. The minimum atomic E-state index is 0.548. The van der Waals surface area contributed by atoms with Crippen LogP contribution in [0.15, 0.2) is 24.4 Å². The van der Waals surface area contributed by atoms with E-state index in [2.05, 4.69) is 14.9 Å². The predicted molar refractivity (Wildman–Crippen MR) is 84.3 cm³/mol. The van der Waals surface area contributed by atoms with E-state index in [-0.39, 0.29) is 0 Å². The van der Waals surface area contributed by atoms with E-state index in [1.54, 1.807) is 0 Å². The van der Waals surface area contributed by atoms with Gasteiger partial charge < -0.3 is 10.6 Å². The van der Waals surface area contributed by atoms with Crippen LogP contribution in [-0.4, -0.2) is 29.6 Å². The molecular weight excluding hydrogens is 292 g/mol. The number of aromatic nitrogens is 2. The topological polar surface area (TPSA) is 55.0 Å². The van der Waals surface area contributed by atoms with E-state index in [4.69, 9.17) is 17.3 Å². The first-order valence-electron chi connectivity index (χ1n) is 6.80. The smallest absolute Gasteiger partial charge is 0.225 e. The summed E-state index contributed by atoms with van der Waals surface area (Å²) in [6.45, 7) is 2.69. The summed E-state index contributed by atoms with van der Waals surface area (Å²) < 4.78 is 0.779. The fraction of sp³-hybridized carbons (Fsp3) is 0.429. The van der Waals surface area contributed by atoms with Crippen molar-refractivity contribution in [3.63, 3.8) is 0 Å². The average Bonchev–Trinajstić information content (AvgIpc) is 2.94. The Labute approximate surface area is 127 Å². The van der Waals surface area contributed by atoms with Gasteiger partial charge in [0.05, 0.1) is 14.9 Å². The molecule has 6 heteroatoms. The maximum atomic E-state index is 5.99. The van der Waals surface area contributed by atoms with Gasteiger partial charge in [0.2, 0.25) is 5.95 Å². The summed E-state index contributed by atoms with van der Waals surface area (Å²) in [6, 6.07) is 5.82. The van der Waals surface area contributed by atoms with Crippen LogP contribution in [0.2, 0.25) is 4.34 Å². The number of halogens is 1. The zero-order valence-electron chi connectivity index (χ0n) is 11.1. The molecule has 2 aromatic heterocycles. The van der Waals surface area contributed by atoms with E-state index >= 15 is 0 Å². The zero-order valence-corrected chi connectivity index (χ0v) is 12.7. The van der Waals surface area contributed by atoms with Crippen LogP contribution in [-0.2, 0) is 0 Å². The van der Waals surface area contributed by atoms with Gasteiger partial charge in [0, 0.05) is 19.3 Å². The van der Waals surface area contributed by atoms with Crippen molar-refractivity contribution in [3.8, 4) is 10.6 Å². The lowest BCUT2D eigenvalue weighted by atomic mass is 9.99. The summed E-state index contributed by atoms with van der Waals surface area (Å²) in [5, 5.41) is 0. The quantitative estimate of drug-likeness (QED) is 0.947. The van der Waals surface area contributed by atoms with E-state index in [1.165, 1.54) is 17.8 Å². The lowest BCUT2D eigenvalue weighted by molar-refractivity contribution is 0.419. The number of nitrogens with zero attached hydrogens (tertiary/aromatic N) is 3. The van der Waals surface area contributed by atoms with Crippen molar-refractivity contribution < 1.29 is 0 Å². The monoisotopic (exact) mass is 308 g/mol. The van der Waals surface area contributed by atoms with Crippen molar-refractivity contribution in [1.82, 2.24) is 9.97 Å². The molecule has 0 spiro atoms. The molecule has 0 aliphatic carbocycles. The van der Waals surface area contributed by atoms with Gasteiger partial charge in [-0.25, -0.2) is 9.97 Å². The maximum absolute atomic E-state index is 5.99. The molecule has 0 radical (unpaired) electrons. The lowest BCUT2D eigenvalue weighted by Crippen LogP contribution is -2.39. The highest BCUT2D eigenvalue weighted by Crippen LogP contribution is 2.30.